The number of fused-ring (bicyclic) bond motifs is 1. The molecular weight excluding hydrogens is 478 g/mol. The lowest BCUT2D eigenvalue weighted by Gasteiger charge is -2.27. The number of nitrogens with one attached hydrogen (secondary N) is 1. The van der Waals surface area contributed by atoms with Gasteiger partial charge in [-0.2, -0.15) is 13.2 Å². The number of carbonyl (C=O) groups is 1. The molecule has 0 atom stereocenters. The number of hydrogen-bond donors (Lipinski definition) is 1. The molecule has 2 aromatic carbocycles. The zero-order valence-corrected chi connectivity index (χ0v) is 20.3. The summed E-state index contributed by atoms with van der Waals surface area (Å²) in [6, 6.07) is 8.07. The van der Waals surface area contributed by atoms with E-state index in [1.54, 1.807) is 37.1 Å². The monoisotopic (exact) mass is 503 g/mol. The first kappa shape index (κ1) is 25.5. The van der Waals surface area contributed by atoms with Gasteiger partial charge in [0.25, 0.3) is 0 Å². The highest BCUT2D eigenvalue weighted by Crippen LogP contribution is 2.46. The van der Waals surface area contributed by atoms with Crippen molar-refractivity contribution in [2.45, 2.75) is 24.9 Å². The van der Waals surface area contributed by atoms with Crippen molar-refractivity contribution in [3.63, 3.8) is 0 Å². The SMILES string of the molecule is CSNC(=O)C(C)(C)COc1cc2c(cc1C(F)(F)F)N(c1ccc(F)cc1)CCN(C)S2. The quantitative estimate of drug-likeness (QED) is 0.401. The Bertz CT molecular complexity index is 1000. The number of alkyl halides is 3. The van der Waals surface area contributed by atoms with Gasteiger partial charge in [-0.15, -0.1) is 0 Å². The molecule has 0 saturated carbocycles. The number of carbonyl (C=O) groups excluding carboxylic acids is 1. The molecule has 1 N–H and O–H groups in total. The molecule has 1 amide bonds. The smallest absolute Gasteiger partial charge is 0.420 e. The summed E-state index contributed by atoms with van der Waals surface area (Å²) < 4.78 is 65.6. The highest BCUT2D eigenvalue weighted by molar-refractivity contribution is 7.97. The molecule has 0 aromatic heterocycles. The van der Waals surface area contributed by atoms with Crippen LogP contribution in [-0.4, -0.2) is 43.2 Å². The number of halogens is 4. The second kappa shape index (κ2) is 10.0. The van der Waals surface area contributed by atoms with E-state index in [0.717, 1.165) is 18.0 Å². The molecule has 1 heterocycles. The molecule has 0 bridgehead atoms. The van der Waals surface area contributed by atoms with E-state index in [9.17, 15) is 22.4 Å². The molecule has 0 radical (unpaired) electrons. The van der Waals surface area contributed by atoms with E-state index >= 15 is 0 Å². The van der Waals surface area contributed by atoms with Crippen LogP contribution >= 0.6 is 23.9 Å². The van der Waals surface area contributed by atoms with Gasteiger partial charge in [-0.25, -0.2) is 8.70 Å². The van der Waals surface area contributed by atoms with Crippen LogP contribution in [0.25, 0.3) is 0 Å². The van der Waals surface area contributed by atoms with Crippen LogP contribution in [0.1, 0.15) is 19.4 Å². The largest absolute Gasteiger partial charge is 0.492 e. The van der Waals surface area contributed by atoms with E-state index < -0.39 is 23.0 Å². The molecule has 0 aliphatic carbocycles. The Hall–Kier alpha value is -2.11. The molecule has 33 heavy (non-hydrogen) atoms. The van der Waals surface area contributed by atoms with Crippen molar-refractivity contribution < 1.29 is 27.1 Å². The minimum atomic E-state index is -4.67. The number of ether oxygens (including phenoxy) is 1. The summed E-state index contributed by atoms with van der Waals surface area (Å²) in [5.41, 5.74) is -1.03. The van der Waals surface area contributed by atoms with Crippen molar-refractivity contribution in [1.82, 2.24) is 9.03 Å². The lowest BCUT2D eigenvalue weighted by molar-refractivity contribution is -0.139. The van der Waals surface area contributed by atoms with Crippen LogP contribution in [0.2, 0.25) is 0 Å². The van der Waals surface area contributed by atoms with Crippen molar-refractivity contribution in [3.8, 4) is 5.75 Å². The van der Waals surface area contributed by atoms with Gasteiger partial charge in [-0.05, 0) is 69.2 Å². The summed E-state index contributed by atoms with van der Waals surface area (Å²) in [6.07, 6.45) is -2.99. The second-order valence-electron chi connectivity index (χ2n) is 8.19. The third-order valence-corrected chi connectivity index (χ3v) is 6.49. The van der Waals surface area contributed by atoms with Gasteiger partial charge >= 0.3 is 6.18 Å². The molecule has 3 rings (SSSR count). The van der Waals surface area contributed by atoms with E-state index in [4.69, 9.17) is 4.74 Å². The first-order valence-electron chi connectivity index (χ1n) is 10.1. The molecule has 0 fully saturated rings. The zero-order valence-electron chi connectivity index (χ0n) is 18.6. The van der Waals surface area contributed by atoms with Crippen LogP contribution in [0, 0.1) is 11.2 Å². The van der Waals surface area contributed by atoms with Crippen LogP contribution in [0.5, 0.6) is 5.75 Å². The number of benzene rings is 2. The van der Waals surface area contributed by atoms with E-state index in [1.165, 1.54) is 30.1 Å². The average molecular weight is 504 g/mol. The van der Waals surface area contributed by atoms with Crippen molar-refractivity contribution in [1.29, 1.82) is 0 Å². The van der Waals surface area contributed by atoms with Crippen molar-refractivity contribution >= 4 is 41.2 Å². The van der Waals surface area contributed by atoms with Crippen LogP contribution < -0.4 is 14.4 Å². The molecule has 0 spiro atoms. The van der Waals surface area contributed by atoms with Crippen LogP contribution in [0.3, 0.4) is 0 Å². The number of anilines is 2. The van der Waals surface area contributed by atoms with Crippen molar-refractivity contribution in [3.05, 3.63) is 47.8 Å². The number of likely N-dealkylation sites (N-methyl/N-ethyl adjacent to an activating group) is 1. The Morgan fingerprint density at radius 2 is 1.85 bits per heavy atom. The zero-order chi connectivity index (χ0) is 24.4. The highest BCUT2D eigenvalue weighted by atomic mass is 32.2. The Morgan fingerprint density at radius 1 is 1.18 bits per heavy atom. The molecule has 0 unspecified atom stereocenters. The third-order valence-electron chi connectivity index (χ3n) is 5.09. The lowest BCUT2D eigenvalue weighted by atomic mass is 9.94. The Morgan fingerprint density at radius 3 is 2.45 bits per heavy atom. The van der Waals surface area contributed by atoms with Crippen molar-refractivity contribution in [2.24, 2.45) is 5.41 Å². The van der Waals surface area contributed by atoms with Gasteiger partial charge in [0, 0.05) is 25.0 Å². The number of nitrogens with zero attached hydrogens (tertiary/aromatic N) is 2. The Balaban J connectivity index is 2.04. The van der Waals surface area contributed by atoms with E-state index in [0.29, 0.717) is 29.4 Å². The van der Waals surface area contributed by atoms with E-state index in [1.807, 2.05) is 11.4 Å². The minimum Gasteiger partial charge on any atom is -0.492 e. The lowest BCUT2D eigenvalue weighted by Crippen LogP contribution is -2.38. The fourth-order valence-electron chi connectivity index (χ4n) is 3.19. The maximum absolute atomic E-state index is 14.0. The fraction of sp³-hybridized carbons (Fsp3) is 0.409. The molecule has 2 aromatic rings. The van der Waals surface area contributed by atoms with Crippen LogP contribution in [-0.2, 0) is 11.0 Å². The summed E-state index contributed by atoms with van der Waals surface area (Å²) in [7, 11) is 1.84. The Labute approximate surface area is 199 Å². The number of amides is 1. The van der Waals surface area contributed by atoms with Gasteiger partial charge in [0.1, 0.15) is 18.2 Å². The molecule has 11 heteroatoms. The average Bonchev–Trinajstić information content (AvgIpc) is 2.89. The topological polar surface area (TPSA) is 44.8 Å². The minimum absolute atomic E-state index is 0.233. The first-order valence-corrected chi connectivity index (χ1v) is 12.1. The van der Waals surface area contributed by atoms with E-state index in [-0.39, 0.29) is 18.3 Å². The maximum Gasteiger partial charge on any atom is 0.420 e. The van der Waals surface area contributed by atoms with E-state index in [2.05, 4.69) is 4.72 Å². The molecular formula is C22H25F4N3O2S2. The predicted octanol–water partition coefficient (Wildman–Crippen LogP) is 5.73. The molecule has 5 nitrogen and oxygen atoms in total. The fourth-order valence-corrected chi connectivity index (χ4v) is 4.59. The second-order valence-corrected chi connectivity index (χ2v) is 10.1. The van der Waals surface area contributed by atoms with Gasteiger partial charge in [-0.3, -0.25) is 9.52 Å². The van der Waals surface area contributed by atoms with Crippen LogP contribution in [0.15, 0.2) is 41.3 Å². The molecule has 1 aliphatic rings. The van der Waals surface area contributed by atoms with Crippen LogP contribution in [0.4, 0.5) is 28.9 Å². The molecule has 0 saturated heterocycles. The number of rotatable bonds is 6. The normalized spacial score (nSPS) is 15.1. The Kier molecular flexibility index (Phi) is 7.75. The maximum atomic E-state index is 14.0. The summed E-state index contributed by atoms with van der Waals surface area (Å²) in [4.78, 5) is 14.5. The van der Waals surface area contributed by atoms with Gasteiger partial charge < -0.3 is 9.64 Å². The predicted molar refractivity (Wildman–Crippen MR) is 124 cm³/mol. The molecule has 1 aliphatic heterocycles. The summed E-state index contributed by atoms with van der Waals surface area (Å²) in [5, 5.41) is 0. The van der Waals surface area contributed by atoms with Crippen molar-refractivity contribution in [2.75, 3.05) is 37.9 Å². The van der Waals surface area contributed by atoms with Gasteiger partial charge in [-0.1, -0.05) is 11.9 Å². The standard InChI is InChI=1S/C22H25F4N3O2S2/c1-21(2,20(30)27-32-4)13-31-18-12-19-17(11-16(18)22(24,25)26)29(10-9-28(3)33-19)15-7-5-14(23)6-8-15/h5-8,11-12H,9-10,13H2,1-4H3,(H,27,30). The molecule has 180 valence electrons. The summed E-state index contributed by atoms with van der Waals surface area (Å²) >= 11 is 2.42. The van der Waals surface area contributed by atoms with Gasteiger partial charge in [0.15, 0.2) is 0 Å². The summed E-state index contributed by atoms with van der Waals surface area (Å²) in [6.45, 7) is 3.96. The first-order chi connectivity index (χ1) is 15.4. The van der Waals surface area contributed by atoms with Gasteiger partial charge in [0.2, 0.25) is 5.91 Å². The number of hydrogen-bond acceptors (Lipinski definition) is 6. The third kappa shape index (κ3) is 6.07. The summed E-state index contributed by atoms with van der Waals surface area (Å²) in [5.74, 6) is -1.10. The van der Waals surface area contributed by atoms with Gasteiger partial charge in [0.05, 0.1) is 21.6 Å². The highest BCUT2D eigenvalue weighted by Gasteiger charge is 2.38.